The topological polar surface area (TPSA) is 94.0 Å². The van der Waals surface area contributed by atoms with Crippen LogP contribution in [0, 0.1) is 11.8 Å². The molecule has 32 heavy (non-hydrogen) atoms. The molecule has 9 heteroatoms. The van der Waals surface area contributed by atoms with E-state index in [9.17, 15) is 4.79 Å². The van der Waals surface area contributed by atoms with Gasteiger partial charge in [-0.1, -0.05) is 5.16 Å². The van der Waals surface area contributed by atoms with Crippen LogP contribution >= 0.6 is 0 Å². The Labute approximate surface area is 184 Å². The number of hydrogen-bond donors (Lipinski definition) is 0. The van der Waals surface area contributed by atoms with Gasteiger partial charge in [0.25, 0.3) is 6.47 Å². The van der Waals surface area contributed by atoms with Crippen LogP contribution in [-0.4, -0.2) is 53.5 Å². The Kier molecular flexibility index (Phi) is 5.16. The van der Waals surface area contributed by atoms with Crippen LogP contribution in [0.15, 0.2) is 29.4 Å². The number of nitrogens with zero attached hydrogens (tertiary/aromatic N) is 1. The fourth-order valence-corrected chi connectivity index (χ4v) is 4.88. The lowest BCUT2D eigenvalue weighted by Gasteiger charge is -2.37. The van der Waals surface area contributed by atoms with Crippen LogP contribution in [0.3, 0.4) is 0 Å². The average molecular weight is 441 g/mol. The minimum Gasteiger partial charge on any atom is -0.493 e. The largest absolute Gasteiger partial charge is 0.493 e. The molecule has 0 amide bonds. The van der Waals surface area contributed by atoms with Gasteiger partial charge in [0.1, 0.15) is 6.61 Å². The van der Waals surface area contributed by atoms with Crippen LogP contribution in [0.1, 0.15) is 22.6 Å². The van der Waals surface area contributed by atoms with Crippen molar-refractivity contribution < 1.29 is 38.1 Å². The normalized spacial score (nSPS) is 22.2. The molecule has 0 spiro atoms. The Bertz CT molecular complexity index is 1060. The van der Waals surface area contributed by atoms with E-state index in [1.54, 1.807) is 21.3 Å². The zero-order valence-corrected chi connectivity index (χ0v) is 18.0. The first-order valence-corrected chi connectivity index (χ1v) is 10.2. The van der Waals surface area contributed by atoms with Crippen molar-refractivity contribution >= 4 is 12.2 Å². The molecule has 3 atom stereocenters. The summed E-state index contributed by atoms with van der Waals surface area (Å²) in [7, 11) is 4.73. The third kappa shape index (κ3) is 3.07. The summed E-state index contributed by atoms with van der Waals surface area (Å²) in [5.41, 5.74) is 3.65. The second kappa shape index (κ2) is 8.14. The zero-order valence-electron chi connectivity index (χ0n) is 18.0. The highest BCUT2D eigenvalue weighted by atomic mass is 16.7. The molecular formula is C23H23NO8. The van der Waals surface area contributed by atoms with Crippen LogP contribution in [0.5, 0.6) is 28.7 Å². The van der Waals surface area contributed by atoms with E-state index in [-0.39, 0.29) is 31.2 Å². The molecule has 0 bridgehead atoms. The molecule has 0 saturated carbocycles. The third-order valence-corrected chi connectivity index (χ3v) is 6.27. The highest BCUT2D eigenvalue weighted by molar-refractivity contribution is 6.06. The molecular weight excluding hydrogens is 418 g/mol. The zero-order chi connectivity index (χ0) is 22.2. The number of rotatable bonds is 7. The van der Waals surface area contributed by atoms with E-state index in [1.165, 1.54) is 0 Å². The fourth-order valence-electron chi connectivity index (χ4n) is 4.88. The van der Waals surface area contributed by atoms with Gasteiger partial charge in [0.15, 0.2) is 23.0 Å². The second-order valence-electron chi connectivity index (χ2n) is 7.70. The first kappa shape index (κ1) is 20.3. The van der Waals surface area contributed by atoms with Crippen molar-refractivity contribution in [3.05, 3.63) is 41.0 Å². The van der Waals surface area contributed by atoms with Gasteiger partial charge in [-0.3, -0.25) is 4.79 Å². The molecule has 5 rings (SSSR count). The number of benzene rings is 2. The predicted octanol–water partition coefficient (Wildman–Crippen LogP) is 2.73. The van der Waals surface area contributed by atoms with Gasteiger partial charge < -0.3 is 33.3 Å². The minimum atomic E-state index is -0.182. The number of carbonyl (C=O) groups excluding carboxylic acids is 1. The van der Waals surface area contributed by atoms with E-state index in [1.807, 2.05) is 24.3 Å². The maximum Gasteiger partial charge on any atom is 0.293 e. The highest BCUT2D eigenvalue weighted by Gasteiger charge is 2.46. The maximum atomic E-state index is 11.1. The van der Waals surface area contributed by atoms with Gasteiger partial charge in [0.05, 0.1) is 33.6 Å². The molecule has 0 N–H and O–H groups in total. The van der Waals surface area contributed by atoms with E-state index < -0.39 is 0 Å². The van der Waals surface area contributed by atoms with Crippen LogP contribution in [0.4, 0.5) is 0 Å². The lowest BCUT2D eigenvalue weighted by atomic mass is 9.66. The number of fused-ring (bicyclic) bond motifs is 4. The molecule has 9 nitrogen and oxygen atoms in total. The summed E-state index contributed by atoms with van der Waals surface area (Å²) in [4.78, 5) is 16.6. The second-order valence-corrected chi connectivity index (χ2v) is 7.70. The Morgan fingerprint density at radius 1 is 1.03 bits per heavy atom. The number of ether oxygens (including phenoxy) is 6. The molecule has 0 unspecified atom stereocenters. The number of hydrogen-bond acceptors (Lipinski definition) is 9. The van der Waals surface area contributed by atoms with E-state index in [0.717, 1.165) is 22.4 Å². The van der Waals surface area contributed by atoms with Gasteiger partial charge in [-0.05, 0) is 35.4 Å². The summed E-state index contributed by atoms with van der Waals surface area (Å²) in [5, 5.41) is 4.31. The number of carbonyl (C=O) groups is 1. The molecule has 0 radical (unpaired) electrons. The quantitative estimate of drug-likeness (QED) is 0.606. The highest BCUT2D eigenvalue weighted by Crippen LogP contribution is 2.51. The summed E-state index contributed by atoms with van der Waals surface area (Å²) < 4.78 is 33.2. The fraction of sp³-hybridized carbons (Fsp3) is 0.391. The van der Waals surface area contributed by atoms with Crippen molar-refractivity contribution in [3.8, 4) is 28.7 Å². The standard InChI is InChI=1S/C23H23NO8/c1-26-19-4-12(5-20(27-2)23(19)28-3)21-13-6-17-18(31-11-30-17)7-14(13)22-16(9-32-24-22)15(21)8-29-10-25/h4-7,10,15-16,21H,8-9,11H2,1-3H3/t15-,16-,21+/m0/s1. The average Bonchev–Trinajstić information content (AvgIpc) is 3.49. The monoisotopic (exact) mass is 441 g/mol. The lowest BCUT2D eigenvalue weighted by Crippen LogP contribution is -2.38. The summed E-state index contributed by atoms with van der Waals surface area (Å²) >= 11 is 0. The Morgan fingerprint density at radius 2 is 1.75 bits per heavy atom. The van der Waals surface area contributed by atoms with Crippen LogP contribution < -0.4 is 23.7 Å². The molecule has 2 aromatic carbocycles. The first-order chi connectivity index (χ1) is 15.7. The van der Waals surface area contributed by atoms with Gasteiger partial charge in [-0.2, -0.15) is 0 Å². The molecule has 1 aliphatic carbocycles. The predicted molar refractivity (Wildman–Crippen MR) is 112 cm³/mol. The summed E-state index contributed by atoms with van der Waals surface area (Å²) in [6.07, 6.45) is 0. The molecule has 168 valence electrons. The van der Waals surface area contributed by atoms with E-state index in [2.05, 4.69) is 5.16 Å². The molecule has 2 heterocycles. The third-order valence-electron chi connectivity index (χ3n) is 6.27. The van der Waals surface area contributed by atoms with Crippen LogP contribution in [0.2, 0.25) is 0 Å². The number of oxime groups is 1. The molecule has 2 aromatic rings. The van der Waals surface area contributed by atoms with Crippen LogP contribution in [0.25, 0.3) is 0 Å². The Hall–Kier alpha value is -3.62. The van der Waals surface area contributed by atoms with Crippen molar-refractivity contribution in [3.63, 3.8) is 0 Å². The van der Waals surface area contributed by atoms with Gasteiger partial charge in [-0.25, -0.2) is 0 Å². The van der Waals surface area contributed by atoms with Crippen molar-refractivity contribution in [2.75, 3.05) is 41.3 Å². The smallest absolute Gasteiger partial charge is 0.293 e. The molecule has 2 aliphatic heterocycles. The molecule has 0 saturated heterocycles. The van der Waals surface area contributed by atoms with Gasteiger partial charge in [-0.15, -0.1) is 0 Å². The van der Waals surface area contributed by atoms with Crippen molar-refractivity contribution in [1.29, 1.82) is 0 Å². The summed E-state index contributed by atoms with van der Waals surface area (Å²) in [6.45, 7) is 1.23. The minimum absolute atomic E-state index is 0.0630. The summed E-state index contributed by atoms with van der Waals surface area (Å²) in [6, 6.07) is 7.76. The van der Waals surface area contributed by atoms with Gasteiger partial charge in [0.2, 0.25) is 12.5 Å². The van der Waals surface area contributed by atoms with Crippen molar-refractivity contribution in [1.82, 2.24) is 0 Å². The van der Waals surface area contributed by atoms with E-state index in [4.69, 9.17) is 33.3 Å². The maximum absolute atomic E-state index is 11.1. The molecule has 3 aliphatic rings. The van der Waals surface area contributed by atoms with Gasteiger partial charge in [0, 0.05) is 23.3 Å². The summed E-state index contributed by atoms with van der Waals surface area (Å²) in [5.74, 6) is 2.55. The van der Waals surface area contributed by atoms with Gasteiger partial charge >= 0.3 is 0 Å². The lowest BCUT2D eigenvalue weighted by molar-refractivity contribution is -0.130. The molecule has 0 fully saturated rings. The van der Waals surface area contributed by atoms with E-state index in [0.29, 0.717) is 41.8 Å². The van der Waals surface area contributed by atoms with Crippen molar-refractivity contribution in [2.45, 2.75) is 5.92 Å². The van der Waals surface area contributed by atoms with E-state index >= 15 is 0 Å². The van der Waals surface area contributed by atoms with Crippen LogP contribution in [-0.2, 0) is 14.4 Å². The Morgan fingerprint density at radius 3 is 2.41 bits per heavy atom. The molecule has 0 aromatic heterocycles. The number of methoxy groups -OCH3 is 3. The van der Waals surface area contributed by atoms with Crippen molar-refractivity contribution in [2.24, 2.45) is 17.0 Å². The Balaban J connectivity index is 1.73. The first-order valence-electron chi connectivity index (χ1n) is 10.2. The SMILES string of the molecule is COc1cc([C@@H]2c3cc4c(cc3C3=NOC[C@H]3[C@@H]2COC=O)OCO4)cc(OC)c1OC.